The molecule has 3 aromatic rings. The highest BCUT2D eigenvalue weighted by molar-refractivity contribution is 6.29. The van der Waals surface area contributed by atoms with Gasteiger partial charge in [0.25, 0.3) is 0 Å². The lowest BCUT2D eigenvalue weighted by atomic mass is 9.86. The third kappa shape index (κ3) is 3.90. The molecule has 1 amide bonds. The number of nitrogens with one attached hydrogen (secondary N) is 2. The van der Waals surface area contributed by atoms with Crippen LogP contribution in [-0.2, 0) is 0 Å². The first-order valence-electron chi connectivity index (χ1n) is 9.18. The van der Waals surface area contributed by atoms with E-state index in [0.717, 1.165) is 48.0 Å². The Morgan fingerprint density at radius 1 is 1.25 bits per heavy atom. The van der Waals surface area contributed by atoms with Crippen molar-refractivity contribution in [2.45, 2.75) is 18.9 Å². The summed E-state index contributed by atoms with van der Waals surface area (Å²) in [6, 6.07) is 7.02. The summed E-state index contributed by atoms with van der Waals surface area (Å²) in [6.45, 7) is 1.73. The largest absolute Gasteiger partial charge is 0.465 e. The molecule has 4 heterocycles. The summed E-state index contributed by atoms with van der Waals surface area (Å²) in [7, 11) is 0. The van der Waals surface area contributed by atoms with Crippen LogP contribution in [-0.4, -0.2) is 39.2 Å². The fraction of sp³-hybridized carbons (Fsp3) is 0.300. The molecule has 1 fully saturated rings. The first kappa shape index (κ1) is 18.6. The maximum Gasteiger partial charge on any atom is 0.405 e. The number of nitrogens with zero attached hydrogens (tertiary/aromatic N) is 3. The fourth-order valence-corrected chi connectivity index (χ4v) is 3.97. The van der Waals surface area contributed by atoms with Crippen LogP contribution >= 0.6 is 11.6 Å². The minimum atomic E-state index is -1.05. The summed E-state index contributed by atoms with van der Waals surface area (Å²) in [4.78, 5) is 24.7. The summed E-state index contributed by atoms with van der Waals surface area (Å²) in [5.74, 6) is 0.164. The Hall–Kier alpha value is -2.77. The predicted octanol–water partition coefficient (Wildman–Crippen LogP) is 3.65. The van der Waals surface area contributed by atoms with Crippen LogP contribution in [0.5, 0.6) is 0 Å². The number of carbonyl (C=O) groups is 1. The van der Waals surface area contributed by atoms with Gasteiger partial charge in [-0.15, -0.1) is 0 Å². The summed E-state index contributed by atoms with van der Waals surface area (Å²) in [5.41, 5.74) is 2.26. The molecule has 0 bridgehead atoms. The van der Waals surface area contributed by atoms with Gasteiger partial charge in [0, 0.05) is 34.9 Å². The van der Waals surface area contributed by atoms with Crippen molar-refractivity contribution in [1.82, 2.24) is 25.6 Å². The van der Waals surface area contributed by atoms with Gasteiger partial charge in [-0.1, -0.05) is 11.6 Å². The van der Waals surface area contributed by atoms with Crippen LogP contribution in [0.1, 0.15) is 24.6 Å². The number of carboxylic acid groups (broad SMARTS) is 1. The molecule has 0 spiro atoms. The van der Waals surface area contributed by atoms with Crippen LogP contribution in [0.3, 0.4) is 0 Å². The maximum absolute atomic E-state index is 11.6. The van der Waals surface area contributed by atoms with Gasteiger partial charge in [-0.3, -0.25) is 4.98 Å². The normalized spacial score (nSPS) is 16.0. The van der Waals surface area contributed by atoms with Crippen molar-refractivity contribution in [1.29, 1.82) is 0 Å². The average molecular weight is 398 g/mol. The topological polar surface area (TPSA) is 100 Å². The van der Waals surface area contributed by atoms with Crippen LogP contribution < -0.4 is 10.6 Å². The minimum Gasteiger partial charge on any atom is -0.465 e. The molecule has 1 saturated heterocycles. The summed E-state index contributed by atoms with van der Waals surface area (Å²) >= 11 is 6.06. The number of pyridine rings is 3. The van der Waals surface area contributed by atoms with Gasteiger partial charge < -0.3 is 15.7 Å². The van der Waals surface area contributed by atoms with Crippen molar-refractivity contribution in [3.05, 3.63) is 53.7 Å². The van der Waals surface area contributed by atoms with E-state index in [9.17, 15) is 9.90 Å². The van der Waals surface area contributed by atoms with Crippen molar-refractivity contribution in [2.24, 2.45) is 5.92 Å². The van der Waals surface area contributed by atoms with Gasteiger partial charge >= 0.3 is 6.09 Å². The monoisotopic (exact) mass is 397 g/mol. The molecule has 1 unspecified atom stereocenters. The van der Waals surface area contributed by atoms with Crippen molar-refractivity contribution in [2.75, 3.05) is 13.1 Å². The number of halogens is 1. The van der Waals surface area contributed by atoms with Crippen LogP contribution in [0.25, 0.3) is 22.0 Å². The van der Waals surface area contributed by atoms with E-state index in [-0.39, 0.29) is 5.92 Å². The molecule has 0 saturated carbocycles. The second kappa shape index (κ2) is 8.08. The van der Waals surface area contributed by atoms with E-state index in [0.29, 0.717) is 10.8 Å². The first-order valence-corrected chi connectivity index (χ1v) is 9.56. The average Bonchev–Trinajstić information content (AvgIpc) is 2.72. The van der Waals surface area contributed by atoms with E-state index < -0.39 is 12.1 Å². The number of hydrogen-bond donors (Lipinski definition) is 3. The second-order valence-corrected chi connectivity index (χ2v) is 7.26. The Labute approximate surface area is 167 Å². The number of hydrogen-bond acceptors (Lipinski definition) is 5. The van der Waals surface area contributed by atoms with Crippen LogP contribution in [0.15, 0.2) is 42.9 Å². The Morgan fingerprint density at radius 3 is 2.82 bits per heavy atom. The molecule has 8 heteroatoms. The lowest BCUT2D eigenvalue weighted by Crippen LogP contribution is -2.38. The van der Waals surface area contributed by atoms with E-state index in [1.807, 2.05) is 18.2 Å². The molecule has 4 rings (SSSR count). The molecule has 3 aromatic heterocycles. The number of piperidine rings is 1. The van der Waals surface area contributed by atoms with Crippen molar-refractivity contribution < 1.29 is 9.90 Å². The van der Waals surface area contributed by atoms with E-state index >= 15 is 0 Å². The van der Waals surface area contributed by atoms with E-state index in [1.54, 1.807) is 24.7 Å². The molecule has 0 aliphatic carbocycles. The van der Waals surface area contributed by atoms with Gasteiger partial charge in [-0.2, -0.15) is 0 Å². The SMILES string of the molecule is O=C(O)NC(c1nc(-c2ccnc(Cl)c2)cc2cnccc12)C1CCNCC1. The zero-order valence-corrected chi connectivity index (χ0v) is 15.9. The maximum atomic E-state index is 11.6. The molecule has 1 aliphatic heterocycles. The van der Waals surface area contributed by atoms with Crippen molar-refractivity contribution in [3.63, 3.8) is 0 Å². The van der Waals surface area contributed by atoms with Gasteiger partial charge in [0.1, 0.15) is 5.15 Å². The van der Waals surface area contributed by atoms with Crippen molar-refractivity contribution >= 4 is 28.5 Å². The quantitative estimate of drug-likeness (QED) is 0.581. The molecule has 144 valence electrons. The van der Waals surface area contributed by atoms with Gasteiger partial charge in [-0.05, 0) is 56.1 Å². The molecule has 0 radical (unpaired) electrons. The molecule has 1 atom stereocenters. The molecule has 1 aliphatic rings. The zero-order valence-electron chi connectivity index (χ0n) is 15.1. The van der Waals surface area contributed by atoms with E-state index in [4.69, 9.17) is 16.6 Å². The molecular formula is C20H20ClN5O2. The van der Waals surface area contributed by atoms with Gasteiger partial charge in [0.05, 0.1) is 17.4 Å². The molecule has 0 aromatic carbocycles. The minimum absolute atomic E-state index is 0.164. The van der Waals surface area contributed by atoms with Gasteiger partial charge in [0.15, 0.2) is 0 Å². The lowest BCUT2D eigenvalue weighted by Gasteiger charge is -2.31. The predicted molar refractivity (Wildman–Crippen MR) is 107 cm³/mol. The van der Waals surface area contributed by atoms with Crippen molar-refractivity contribution in [3.8, 4) is 11.3 Å². The molecule has 28 heavy (non-hydrogen) atoms. The Balaban J connectivity index is 1.88. The highest BCUT2D eigenvalue weighted by Gasteiger charge is 2.29. The Bertz CT molecular complexity index is 1010. The summed E-state index contributed by atoms with van der Waals surface area (Å²) in [5, 5.41) is 17.7. The standard InChI is InChI=1S/C20H20ClN5O2/c21-17-10-13(3-8-24-17)16-9-14-11-23-7-4-15(14)19(25-16)18(26-20(27)28)12-1-5-22-6-2-12/h3-4,7-12,18,22,26H,1-2,5-6H2,(H,27,28). The van der Waals surface area contributed by atoms with Gasteiger partial charge in [0.2, 0.25) is 0 Å². The smallest absolute Gasteiger partial charge is 0.405 e. The van der Waals surface area contributed by atoms with Gasteiger partial charge in [-0.25, -0.2) is 14.8 Å². The van der Waals surface area contributed by atoms with Crippen LogP contribution in [0, 0.1) is 5.92 Å². The summed E-state index contributed by atoms with van der Waals surface area (Å²) < 4.78 is 0. The number of aromatic nitrogens is 3. The Morgan fingerprint density at radius 2 is 2.07 bits per heavy atom. The van der Waals surface area contributed by atoms with E-state index in [2.05, 4.69) is 20.6 Å². The lowest BCUT2D eigenvalue weighted by molar-refractivity contribution is 0.179. The number of fused-ring (bicyclic) bond motifs is 1. The summed E-state index contributed by atoms with van der Waals surface area (Å²) in [6.07, 6.45) is 5.82. The Kier molecular flexibility index (Phi) is 5.36. The fourth-order valence-electron chi connectivity index (χ4n) is 3.79. The zero-order chi connectivity index (χ0) is 19.5. The number of amides is 1. The number of rotatable bonds is 4. The molecule has 7 nitrogen and oxygen atoms in total. The molecular weight excluding hydrogens is 378 g/mol. The first-order chi connectivity index (χ1) is 13.6. The van der Waals surface area contributed by atoms with Crippen LogP contribution in [0.2, 0.25) is 5.15 Å². The highest BCUT2D eigenvalue weighted by Crippen LogP contribution is 2.34. The van der Waals surface area contributed by atoms with Crippen LogP contribution in [0.4, 0.5) is 4.79 Å². The second-order valence-electron chi connectivity index (χ2n) is 6.87. The third-order valence-electron chi connectivity index (χ3n) is 5.11. The van der Waals surface area contributed by atoms with E-state index in [1.165, 1.54) is 0 Å². The highest BCUT2D eigenvalue weighted by atomic mass is 35.5. The third-order valence-corrected chi connectivity index (χ3v) is 5.32. The molecule has 3 N–H and O–H groups in total.